The van der Waals surface area contributed by atoms with Crippen LogP contribution in [0.15, 0.2) is 30.3 Å². The van der Waals surface area contributed by atoms with Gasteiger partial charge in [-0.25, -0.2) is 9.97 Å². The standard InChI is InChI=1S/C16H22N4/c1-4-5-9-17-15-11-16(19-13(3)18-15)20-14-8-6-7-12(2)10-14/h6-8,10-11H,4-5,9H2,1-3H3,(H2,17,18,19,20). The Kier molecular flexibility index (Phi) is 4.93. The van der Waals surface area contributed by atoms with Crippen molar-refractivity contribution in [3.8, 4) is 0 Å². The van der Waals surface area contributed by atoms with Crippen LogP contribution in [-0.4, -0.2) is 16.5 Å². The third kappa shape index (κ3) is 4.23. The van der Waals surface area contributed by atoms with Gasteiger partial charge in [-0.15, -0.1) is 0 Å². The van der Waals surface area contributed by atoms with E-state index in [1.807, 2.05) is 25.1 Å². The molecule has 0 aliphatic carbocycles. The summed E-state index contributed by atoms with van der Waals surface area (Å²) in [6.07, 6.45) is 2.31. The highest BCUT2D eigenvalue weighted by molar-refractivity contribution is 5.59. The zero-order valence-electron chi connectivity index (χ0n) is 12.4. The molecule has 0 amide bonds. The summed E-state index contributed by atoms with van der Waals surface area (Å²) in [4.78, 5) is 8.83. The number of aryl methyl sites for hydroxylation is 2. The van der Waals surface area contributed by atoms with Crippen LogP contribution in [0.3, 0.4) is 0 Å². The molecule has 0 aliphatic rings. The Morgan fingerprint density at radius 1 is 1.05 bits per heavy atom. The van der Waals surface area contributed by atoms with E-state index < -0.39 is 0 Å². The van der Waals surface area contributed by atoms with Crippen LogP contribution in [-0.2, 0) is 0 Å². The number of unbranched alkanes of at least 4 members (excludes halogenated alkanes) is 1. The van der Waals surface area contributed by atoms with Gasteiger partial charge in [-0.1, -0.05) is 25.5 Å². The summed E-state index contributed by atoms with van der Waals surface area (Å²) in [6, 6.07) is 10.2. The SMILES string of the molecule is CCCCNc1cc(Nc2cccc(C)c2)nc(C)n1. The molecular formula is C16H22N4. The number of nitrogens with one attached hydrogen (secondary N) is 2. The molecule has 20 heavy (non-hydrogen) atoms. The van der Waals surface area contributed by atoms with E-state index in [0.29, 0.717) is 0 Å². The van der Waals surface area contributed by atoms with E-state index in [1.165, 1.54) is 12.0 Å². The van der Waals surface area contributed by atoms with E-state index in [-0.39, 0.29) is 0 Å². The average Bonchev–Trinajstić information content (AvgIpc) is 2.38. The lowest BCUT2D eigenvalue weighted by molar-refractivity contribution is 0.829. The highest BCUT2D eigenvalue weighted by Gasteiger charge is 2.02. The van der Waals surface area contributed by atoms with Crippen molar-refractivity contribution < 1.29 is 0 Å². The quantitative estimate of drug-likeness (QED) is 0.777. The molecule has 2 rings (SSSR count). The molecule has 2 aromatic rings. The molecule has 106 valence electrons. The number of hydrogen-bond acceptors (Lipinski definition) is 4. The second kappa shape index (κ2) is 6.89. The van der Waals surface area contributed by atoms with Crippen molar-refractivity contribution in [1.29, 1.82) is 0 Å². The van der Waals surface area contributed by atoms with Gasteiger partial charge in [0, 0.05) is 18.3 Å². The molecule has 0 saturated carbocycles. The van der Waals surface area contributed by atoms with Gasteiger partial charge >= 0.3 is 0 Å². The van der Waals surface area contributed by atoms with Gasteiger partial charge < -0.3 is 10.6 Å². The van der Waals surface area contributed by atoms with Gasteiger partial charge in [-0.05, 0) is 38.0 Å². The van der Waals surface area contributed by atoms with E-state index >= 15 is 0 Å². The Morgan fingerprint density at radius 2 is 1.85 bits per heavy atom. The molecular weight excluding hydrogens is 248 g/mol. The first-order valence-electron chi connectivity index (χ1n) is 7.10. The van der Waals surface area contributed by atoms with Crippen molar-refractivity contribution in [3.63, 3.8) is 0 Å². The minimum atomic E-state index is 0.765. The maximum atomic E-state index is 4.42. The van der Waals surface area contributed by atoms with Gasteiger partial charge in [0.15, 0.2) is 0 Å². The van der Waals surface area contributed by atoms with Crippen LogP contribution in [0, 0.1) is 13.8 Å². The van der Waals surface area contributed by atoms with Crippen molar-refractivity contribution in [2.24, 2.45) is 0 Å². The Balaban J connectivity index is 2.11. The van der Waals surface area contributed by atoms with Crippen molar-refractivity contribution in [2.45, 2.75) is 33.6 Å². The summed E-state index contributed by atoms with van der Waals surface area (Å²) >= 11 is 0. The zero-order chi connectivity index (χ0) is 14.4. The maximum Gasteiger partial charge on any atom is 0.136 e. The Morgan fingerprint density at radius 3 is 2.60 bits per heavy atom. The minimum absolute atomic E-state index is 0.765. The summed E-state index contributed by atoms with van der Waals surface area (Å²) in [7, 11) is 0. The van der Waals surface area contributed by atoms with Crippen LogP contribution < -0.4 is 10.6 Å². The van der Waals surface area contributed by atoms with Crippen LogP contribution in [0.2, 0.25) is 0 Å². The summed E-state index contributed by atoms with van der Waals surface area (Å²) in [5.41, 5.74) is 2.27. The molecule has 0 unspecified atom stereocenters. The van der Waals surface area contributed by atoms with E-state index in [4.69, 9.17) is 0 Å². The molecule has 0 bridgehead atoms. The molecule has 4 nitrogen and oxygen atoms in total. The fourth-order valence-corrected chi connectivity index (χ4v) is 1.99. The molecule has 0 fully saturated rings. The molecule has 0 spiro atoms. The molecule has 0 saturated heterocycles. The van der Waals surface area contributed by atoms with Gasteiger partial charge in [-0.2, -0.15) is 0 Å². The monoisotopic (exact) mass is 270 g/mol. The number of rotatable bonds is 6. The summed E-state index contributed by atoms with van der Waals surface area (Å²) < 4.78 is 0. The Hall–Kier alpha value is -2.10. The largest absolute Gasteiger partial charge is 0.370 e. The van der Waals surface area contributed by atoms with Gasteiger partial charge in [0.1, 0.15) is 17.5 Å². The average molecular weight is 270 g/mol. The first kappa shape index (κ1) is 14.3. The zero-order valence-corrected chi connectivity index (χ0v) is 12.4. The lowest BCUT2D eigenvalue weighted by atomic mass is 10.2. The van der Waals surface area contributed by atoms with Crippen LogP contribution in [0.1, 0.15) is 31.2 Å². The fraction of sp³-hybridized carbons (Fsp3) is 0.375. The van der Waals surface area contributed by atoms with E-state index in [2.05, 4.69) is 46.6 Å². The van der Waals surface area contributed by atoms with Crippen molar-refractivity contribution in [1.82, 2.24) is 9.97 Å². The van der Waals surface area contributed by atoms with E-state index in [0.717, 1.165) is 36.1 Å². The van der Waals surface area contributed by atoms with Gasteiger partial charge in [0.05, 0.1) is 0 Å². The molecule has 0 radical (unpaired) electrons. The van der Waals surface area contributed by atoms with Crippen LogP contribution >= 0.6 is 0 Å². The number of benzene rings is 1. The highest BCUT2D eigenvalue weighted by Crippen LogP contribution is 2.18. The summed E-state index contributed by atoms with van der Waals surface area (Å²) in [6.45, 7) is 7.11. The van der Waals surface area contributed by atoms with Gasteiger partial charge in [0.2, 0.25) is 0 Å². The molecule has 0 atom stereocenters. The Labute approximate surface area is 120 Å². The number of aromatic nitrogens is 2. The first-order chi connectivity index (χ1) is 9.67. The lowest BCUT2D eigenvalue weighted by Gasteiger charge is -2.10. The smallest absolute Gasteiger partial charge is 0.136 e. The fourth-order valence-electron chi connectivity index (χ4n) is 1.99. The van der Waals surface area contributed by atoms with Gasteiger partial charge in [-0.3, -0.25) is 0 Å². The van der Waals surface area contributed by atoms with Crippen molar-refractivity contribution in [2.75, 3.05) is 17.2 Å². The molecule has 2 N–H and O–H groups in total. The molecule has 4 heteroatoms. The van der Waals surface area contributed by atoms with E-state index in [1.54, 1.807) is 0 Å². The number of nitrogens with zero attached hydrogens (tertiary/aromatic N) is 2. The maximum absolute atomic E-state index is 4.42. The number of anilines is 3. The second-order valence-corrected chi connectivity index (χ2v) is 4.96. The minimum Gasteiger partial charge on any atom is -0.370 e. The van der Waals surface area contributed by atoms with Crippen LogP contribution in [0.4, 0.5) is 17.3 Å². The molecule has 1 aromatic carbocycles. The van der Waals surface area contributed by atoms with E-state index in [9.17, 15) is 0 Å². The molecule has 1 heterocycles. The van der Waals surface area contributed by atoms with Crippen LogP contribution in [0.25, 0.3) is 0 Å². The second-order valence-electron chi connectivity index (χ2n) is 4.96. The van der Waals surface area contributed by atoms with Crippen molar-refractivity contribution in [3.05, 3.63) is 41.7 Å². The highest BCUT2D eigenvalue weighted by atomic mass is 15.1. The van der Waals surface area contributed by atoms with Crippen LogP contribution in [0.5, 0.6) is 0 Å². The summed E-state index contributed by atoms with van der Waals surface area (Å²) in [5, 5.41) is 6.66. The lowest BCUT2D eigenvalue weighted by Crippen LogP contribution is -2.06. The molecule has 0 aliphatic heterocycles. The predicted octanol–water partition coefficient (Wildman–Crippen LogP) is 4.05. The molecule has 1 aromatic heterocycles. The number of hydrogen-bond donors (Lipinski definition) is 2. The van der Waals surface area contributed by atoms with Crippen molar-refractivity contribution >= 4 is 17.3 Å². The topological polar surface area (TPSA) is 49.8 Å². The van der Waals surface area contributed by atoms with Gasteiger partial charge in [0.25, 0.3) is 0 Å². The third-order valence-electron chi connectivity index (χ3n) is 2.96. The Bertz CT molecular complexity index is 566. The normalized spacial score (nSPS) is 10.3. The third-order valence-corrected chi connectivity index (χ3v) is 2.96. The predicted molar refractivity (Wildman–Crippen MR) is 84.6 cm³/mol. The first-order valence-corrected chi connectivity index (χ1v) is 7.10. The summed E-state index contributed by atoms with van der Waals surface area (Å²) in [5.74, 6) is 2.46.